The van der Waals surface area contributed by atoms with Gasteiger partial charge in [0.25, 0.3) is 5.91 Å². The van der Waals surface area contributed by atoms with E-state index in [2.05, 4.69) is 20.6 Å². The molecule has 2 aromatic heterocycles. The number of fused-ring (bicyclic) bond motifs is 2. The van der Waals surface area contributed by atoms with E-state index in [9.17, 15) is 18.0 Å². The van der Waals surface area contributed by atoms with Crippen LogP contribution in [0.5, 0.6) is 0 Å². The second kappa shape index (κ2) is 8.77. The predicted molar refractivity (Wildman–Crippen MR) is 117 cm³/mol. The Balaban J connectivity index is 1.26. The van der Waals surface area contributed by atoms with E-state index in [4.69, 9.17) is 18.6 Å². The molecule has 1 aromatic carbocycles. The summed E-state index contributed by atoms with van der Waals surface area (Å²) in [6.07, 6.45) is -2.87. The maximum absolute atomic E-state index is 13.0. The van der Waals surface area contributed by atoms with E-state index in [1.54, 1.807) is 44.4 Å². The van der Waals surface area contributed by atoms with Gasteiger partial charge < -0.3 is 29.3 Å². The lowest BCUT2D eigenvalue weighted by atomic mass is 9.98. The fourth-order valence-corrected chi connectivity index (χ4v) is 4.30. The number of benzene rings is 1. The van der Waals surface area contributed by atoms with E-state index in [1.165, 1.54) is 6.20 Å². The fourth-order valence-electron chi connectivity index (χ4n) is 4.30. The van der Waals surface area contributed by atoms with Crippen LogP contribution in [-0.2, 0) is 20.4 Å². The Labute approximate surface area is 198 Å². The van der Waals surface area contributed by atoms with Crippen molar-refractivity contribution in [1.82, 2.24) is 15.3 Å². The minimum atomic E-state index is -4.61. The van der Waals surface area contributed by atoms with Crippen LogP contribution < -0.4 is 10.6 Å². The molecule has 0 unspecified atom stereocenters. The first-order chi connectivity index (χ1) is 16.6. The molecule has 0 bridgehead atoms. The maximum atomic E-state index is 13.0. The topological polar surface area (TPSA) is 108 Å². The fraction of sp³-hybridized carbons (Fsp3) is 0.435. The third-order valence-corrected chi connectivity index (χ3v) is 5.85. The summed E-state index contributed by atoms with van der Waals surface area (Å²) >= 11 is 0. The number of rotatable bonds is 5. The van der Waals surface area contributed by atoms with E-state index in [-0.39, 0.29) is 24.9 Å². The lowest BCUT2D eigenvalue weighted by molar-refractivity contribution is -0.153. The van der Waals surface area contributed by atoms with Crippen LogP contribution in [0.15, 0.2) is 47.3 Å². The Morgan fingerprint density at radius 1 is 1.17 bits per heavy atom. The number of aromatic nitrogens is 2. The van der Waals surface area contributed by atoms with Gasteiger partial charge >= 0.3 is 6.18 Å². The first-order valence-corrected chi connectivity index (χ1v) is 11.0. The number of carbonyl (C=O) groups is 1. The summed E-state index contributed by atoms with van der Waals surface area (Å²) in [5.41, 5.74) is 0.0504. The van der Waals surface area contributed by atoms with Crippen LogP contribution in [0.4, 0.5) is 19.0 Å². The Bertz CT molecular complexity index is 1230. The summed E-state index contributed by atoms with van der Waals surface area (Å²) in [7, 11) is 0. The number of hydrogen-bond donors (Lipinski definition) is 2. The number of halogens is 3. The average Bonchev–Trinajstić information content (AvgIpc) is 3.40. The second-order valence-corrected chi connectivity index (χ2v) is 8.86. The molecule has 0 saturated carbocycles. The molecule has 4 heterocycles. The summed E-state index contributed by atoms with van der Waals surface area (Å²) in [4.78, 5) is 19.9. The highest BCUT2D eigenvalue weighted by Crippen LogP contribution is 2.36. The second-order valence-electron chi connectivity index (χ2n) is 8.86. The highest BCUT2D eigenvalue weighted by atomic mass is 19.4. The van der Waals surface area contributed by atoms with Gasteiger partial charge in [0.2, 0.25) is 0 Å². The minimum Gasteiger partial charge on any atom is -0.464 e. The molecule has 2 aliphatic rings. The first kappa shape index (κ1) is 23.5. The SMILES string of the molecule is CC1(C)O[C@@H]2[C@H](O1)[C@@H](Nc1cncc(C(F)(F)F)n1)CO[C@@H]2CNC(=O)c1ccc2occc2c1. The maximum Gasteiger partial charge on any atom is 0.434 e. The number of amides is 1. The van der Waals surface area contributed by atoms with Crippen molar-refractivity contribution >= 4 is 22.7 Å². The number of ether oxygens (including phenoxy) is 3. The van der Waals surface area contributed by atoms with Gasteiger partial charge in [-0.05, 0) is 38.1 Å². The summed E-state index contributed by atoms with van der Waals surface area (Å²) in [6.45, 7) is 3.73. The molecule has 4 atom stereocenters. The quantitative estimate of drug-likeness (QED) is 0.558. The van der Waals surface area contributed by atoms with Crippen molar-refractivity contribution in [2.45, 2.75) is 50.2 Å². The monoisotopic (exact) mass is 492 g/mol. The van der Waals surface area contributed by atoms with Gasteiger partial charge in [0.15, 0.2) is 11.5 Å². The lowest BCUT2D eigenvalue weighted by Gasteiger charge is -2.37. The molecule has 0 spiro atoms. The van der Waals surface area contributed by atoms with Crippen molar-refractivity contribution in [3.8, 4) is 0 Å². The van der Waals surface area contributed by atoms with Crippen molar-refractivity contribution in [3.05, 3.63) is 54.2 Å². The molecule has 2 fully saturated rings. The molecule has 2 saturated heterocycles. The van der Waals surface area contributed by atoms with Crippen molar-refractivity contribution in [3.63, 3.8) is 0 Å². The number of hydrogen-bond acceptors (Lipinski definition) is 8. The van der Waals surface area contributed by atoms with E-state index < -0.39 is 42.0 Å². The Morgan fingerprint density at radius 2 is 1.97 bits per heavy atom. The molecule has 9 nitrogen and oxygen atoms in total. The summed E-state index contributed by atoms with van der Waals surface area (Å²) < 4.78 is 62.3. The Hall–Kier alpha value is -3.22. The van der Waals surface area contributed by atoms with Gasteiger partial charge in [-0.2, -0.15) is 13.2 Å². The number of furan rings is 1. The molecular formula is C23H23F3N4O5. The third-order valence-electron chi connectivity index (χ3n) is 5.85. The normalized spacial score (nSPS) is 25.9. The van der Waals surface area contributed by atoms with Crippen molar-refractivity contribution in [1.29, 1.82) is 0 Å². The van der Waals surface area contributed by atoms with Crippen LogP contribution in [0, 0.1) is 0 Å². The van der Waals surface area contributed by atoms with Gasteiger partial charge in [0, 0.05) is 17.5 Å². The summed E-state index contributed by atoms with van der Waals surface area (Å²) in [5, 5.41) is 6.60. The van der Waals surface area contributed by atoms with E-state index >= 15 is 0 Å². The number of alkyl halides is 3. The summed E-state index contributed by atoms with van der Waals surface area (Å²) in [5.74, 6) is -1.29. The van der Waals surface area contributed by atoms with Crippen molar-refractivity contribution in [2.24, 2.45) is 0 Å². The van der Waals surface area contributed by atoms with Crippen LogP contribution in [0.3, 0.4) is 0 Å². The van der Waals surface area contributed by atoms with Gasteiger partial charge in [0.1, 0.15) is 29.7 Å². The third kappa shape index (κ3) is 4.95. The van der Waals surface area contributed by atoms with Gasteiger partial charge in [-0.3, -0.25) is 9.78 Å². The van der Waals surface area contributed by atoms with Crippen LogP contribution >= 0.6 is 0 Å². The molecule has 5 rings (SSSR count). The predicted octanol–water partition coefficient (Wildman–Crippen LogP) is 3.37. The number of nitrogens with zero attached hydrogens (tertiary/aromatic N) is 2. The number of nitrogens with one attached hydrogen (secondary N) is 2. The van der Waals surface area contributed by atoms with Crippen molar-refractivity contribution < 1.29 is 36.6 Å². The molecule has 3 aromatic rings. The zero-order chi connectivity index (χ0) is 24.8. The van der Waals surface area contributed by atoms with Gasteiger partial charge in [-0.25, -0.2) is 4.98 Å². The van der Waals surface area contributed by atoms with Gasteiger partial charge in [-0.15, -0.1) is 0 Å². The smallest absolute Gasteiger partial charge is 0.434 e. The minimum absolute atomic E-state index is 0.0538. The van der Waals surface area contributed by atoms with Crippen LogP contribution in [0.1, 0.15) is 29.9 Å². The Morgan fingerprint density at radius 3 is 2.77 bits per heavy atom. The molecular weight excluding hydrogens is 469 g/mol. The standard InChI is InChI=1S/C23H23F3N4O5/c1-22(2)34-19-14(29-18-10-27-9-17(30-18)23(24,25)26)11-33-16(20(19)35-22)8-28-21(31)13-3-4-15-12(7-13)5-6-32-15/h3-7,9-10,14,16,19-20H,8,11H2,1-2H3,(H,28,31)(H,29,30)/t14-,16+,19+,20-/m0/s1. The highest BCUT2D eigenvalue weighted by molar-refractivity contribution is 5.97. The van der Waals surface area contributed by atoms with Crippen LogP contribution in [0.25, 0.3) is 11.0 Å². The Kier molecular flexibility index (Phi) is 5.90. The molecule has 2 aliphatic heterocycles. The molecule has 0 radical (unpaired) electrons. The van der Waals surface area contributed by atoms with Crippen molar-refractivity contribution in [2.75, 3.05) is 18.5 Å². The molecule has 0 aliphatic carbocycles. The van der Waals surface area contributed by atoms with Gasteiger partial charge in [0.05, 0.1) is 31.3 Å². The number of anilines is 1. The van der Waals surface area contributed by atoms with Crippen LogP contribution in [-0.4, -0.2) is 59.2 Å². The number of carbonyl (C=O) groups excluding carboxylic acids is 1. The lowest BCUT2D eigenvalue weighted by Crippen LogP contribution is -2.57. The molecule has 2 N–H and O–H groups in total. The average molecular weight is 492 g/mol. The molecule has 35 heavy (non-hydrogen) atoms. The van der Waals surface area contributed by atoms with E-state index in [0.717, 1.165) is 5.39 Å². The zero-order valence-electron chi connectivity index (χ0n) is 18.8. The van der Waals surface area contributed by atoms with E-state index in [0.29, 0.717) is 17.3 Å². The van der Waals surface area contributed by atoms with E-state index in [1.807, 2.05) is 0 Å². The molecule has 186 valence electrons. The molecule has 12 heteroatoms. The highest BCUT2D eigenvalue weighted by Gasteiger charge is 2.52. The zero-order valence-corrected chi connectivity index (χ0v) is 18.8. The summed E-state index contributed by atoms with van der Waals surface area (Å²) in [6, 6.07) is 6.35. The first-order valence-electron chi connectivity index (χ1n) is 11.0. The largest absolute Gasteiger partial charge is 0.464 e. The van der Waals surface area contributed by atoms with Crippen LogP contribution in [0.2, 0.25) is 0 Å². The van der Waals surface area contributed by atoms with Gasteiger partial charge in [-0.1, -0.05) is 0 Å². The molecule has 1 amide bonds.